The van der Waals surface area contributed by atoms with Gasteiger partial charge < -0.3 is 14.6 Å². The quantitative estimate of drug-likeness (QED) is 0.748. The second-order valence-electron chi connectivity index (χ2n) is 5.89. The molecule has 0 aliphatic heterocycles. The third-order valence-corrected chi connectivity index (χ3v) is 5.68. The molecule has 0 spiro atoms. The molecule has 6 nitrogen and oxygen atoms in total. The number of fused-ring (bicyclic) bond motifs is 1. The van der Waals surface area contributed by atoms with E-state index in [1.807, 2.05) is 13.0 Å². The van der Waals surface area contributed by atoms with Gasteiger partial charge in [-0.1, -0.05) is 13.3 Å². The van der Waals surface area contributed by atoms with Crippen LogP contribution in [-0.2, 0) is 22.0 Å². The molecule has 0 amide bonds. The number of methoxy groups -OCH3 is 2. The van der Waals surface area contributed by atoms with Crippen LogP contribution in [0.4, 0.5) is 0 Å². The van der Waals surface area contributed by atoms with Crippen molar-refractivity contribution in [1.29, 1.82) is 0 Å². The molecule has 130 valence electrons. The van der Waals surface area contributed by atoms with Gasteiger partial charge >= 0.3 is 0 Å². The van der Waals surface area contributed by atoms with Crippen molar-refractivity contribution in [3.05, 3.63) is 23.3 Å². The third-order valence-electron chi connectivity index (χ3n) is 4.27. The van der Waals surface area contributed by atoms with Crippen LogP contribution in [-0.4, -0.2) is 40.0 Å². The van der Waals surface area contributed by atoms with E-state index < -0.39 is 15.6 Å². The maximum atomic E-state index is 12.0. The zero-order valence-electron chi connectivity index (χ0n) is 13.9. The van der Waals surface area contributed by atoms with Gasteiger partial charge in [0.15, 0.2) is 11.5 Å². The second kappa shape index (κ2) is 7.07. The summed E-state index contributed by atoms with van der Waals surface area (Å²) < 4.78 is 37.0. The van der Waals surface area contributed by atoms with Crippen LogP contribution in [0.2, 0.25) is 0 Å². The summed E-state index contributed by atoms with van der Waals surface area (Å²) in [6.07, 6.45) is 2.55. The molecule has 0 aromatic heterocycles. The summed E-state index contributed by atoms with van der Waals surface area (Å²) in [7, 11) is -0.270. The highest BCUT2D eigenvalue weighted by molar-refractivity contribution is 7.89. The van der Waals surface area contributed by atoms with Crippen LogP contribution in [0.3, 0.4) is 0 Å². The number of nitrogens with one attached hydrogen (secondary N) is 1. The Morgan fingerprint density at radius 2 is 1.91 bits per heavy atom. The van der Waals surface area contributed by atoms with Crippen LogP contribution in [0.1, 0.15) is 37.3 Å². The highest BCUT2D eigenvalue weighted by atomic mass is 32.2. The zero-order valence-corrected chi connectivity index (χ0v) is 14.7. The smallest absolute Gasteiger partial charge is 0.211 e. The molecule has 1 aliphatic carbocycles. The van der Waals surface area contributed by atoms with Crippen LogP contribution >= 0.6 is 0 Å². The molecule has 0 radical (unpaired) electrons. The number of hydrogen-bond donors (Lipinski definition) is 2. The number of sulfonamides is 1. The molecule has 2 rings (SSSR count). The van der Waals surface area contributed by atoms with Gasteiger partial charge in [0.25, 0.3) is 0 Å². The van der Waals surface area contributed by atoms with Crippen LogP contribution in [0.5, 0.6) is 11.5 Å². The van der Waals surface area contributed by atoms with E-state index in [1.54, 1.807) is 13.2 Å². The minimum atomic E-state index is -3.37. The molecule has 0 heterocycles. The standard InChI is InChI=1S/C16H25NO5S/c1-4-5-8-23(19,20)17-11-16(18)7-6-12-9-14(21-2)15(22-3)10-13(12)16/h9-10,17-18H,4-8,11H2,1-3H3. The number of rotatable bonds is 8. The first-order valence-corrected chi connectivity index (χ1v) is 9.45. The van der Waals surface area contributed by atoms with E-state index in [-0.39, 0.29) is 12.3 Å². The fourth-order valence-electron chi connectivity index (χ4n) is 2.86. The zero-order chi connectivity index (χ0) is 17.1. The molecule has 7 heteroatoms. The maximum absolute atomic E-state index is 12.0. The SMILES string of the molecule is CCCCS(=O)(=O)NCC1(O)CCc2cc(OC)c(OC)cc21. The number of unbranched alkanes of at least 4 members (excludes halogenated alkanes) is 1. The molecule has 0 saturated carbocycles. The Morgan fingerprint density at radius 3 is 2.52 bits per heavy atom. The number of hydrogen-bond acceptors (Lipinski definition) is 5. The Morgan fingerprint density at radius 1 is 1.26 bits per heavy atom. The molecular formula is C16H25NO5S. The van der Waals surface area contributed by atoms with Crippen molar-refractivity contribution in [2.75, 3.05) is 26.5 Å². The summed E-state index contributed by atoms with van der Waals surface area (Å²) in [5, 5.41) is 10.9. The van der Waals surface area contributed by atoms with Crippen molar-refractivity contribution in [3.63, 3.8) is 0 Å². The van der Waals surface area contributed by atoms with Crippen molar-refractivity contribution in [1.82, 2.24) is 4.72 Å². The highest BCUT2D eigenvalue weighted by Gasteiger charge is 2.38. The topological polar surface area (TPSA) is 84.9 Å². The Kier molecular flexibility index (Phi) is 5.54. The second-order valence-corrected chi connectivity index (χ2v) is 7.82. The molecule has 1 unspecified atom stereocenters. The summed E-state index contributed by atoms with van der Waals surface area (Å²) in [6, 6.07) is 3.58. The number of benzene rings is 1. The molecule has 0 bridgehead atoms. The minimum absolute atomic E-state index is 0.0263. The molecule has 23 heavy (non-hydrogen) atoms. The Labute approximate surface area is 137 Å². The molecule has 2 N–H and O–H groups in total. The molecule has 0 saturated heterocycles. The van der Waals surface area contributed by atoms with E-state index in [0.717, 1.165) is 12.0 Å². The van der Waals surface area contributed by atoms with Gasteiger partial charge in [0, 0.05) is 6.54 Å². The Balaban J connectivity index is 2.20. The Bertz CT molecular complexity index is 659. The van der Waals surface area contributed by atoms with Crippen LogP contribution in [0.15, 0.2) is 12.1 Å². The number of ether oxygens (including phenoxy) is 2. The van der Waals surface area contributed by atoms with E-state index >= 15 is 0 Å². The van der Waals surface area contributed by atoms with Gasteiger partial charge in [-0.25, -0.2) is 13.1 Å². The van der Waals surface area contributed by atoms with Crippen LogP contribution in [0.25, 0.3) is 0 Å². The molecule has 1 atom stereocenters. The van der Waals surface area contributed by atoms with E-state index in [9.17, 15) is 13.5 Å². The number of aliphatic hydroxyl groups is 1. The van der Waals surface area contributed by atoms with Crippen molar-refractivity contribution in [2.24, 2.45) is 0 Å². The van der Waals surface area contributed by atoms with Gasteiger partial charge in [0.1, 0.15) is 5.60 Å². The fraction of sp³-hybridized carbons (Fsp3) is 0.625. The van der Waals surface area contributed by atoms with Crippen LogP contribution in [0, 0.1) is 0 Å². The predicted octanol–water partition coefficient (Wildman–Crippen LogP) is 1.56. The fourth-order valence-corrected chi connectivity index (χ4v) is 4.13. The maximum Gasteiger partial charge on any atom is 0.211 e. The van der Waals surface area contributed by atoms with Gasteiger partial charge in [0.2, 0.25) is 10.0 Å². The van der Waals surface area contributed by atoms with Crippen molar-refractivity contribution in [2.45, 2.75) is 38.2 Å². The largest absolute Gasteiger partial charge is 0.493 e. The van der Waals surface area contributed by atoms with E-state index in [0.29, 0.717) is 36.3 Å². The normalized spacial score (nSPS) is 20.3. The summed E-state index contributed by atoms with van der Waals surface area (Å²) in [6.45, 7) is 1.91. The lowest BCUT2D eigenvalue weighted by atomic mass is 9.96. The lowest BCUT2D eigenvalue weighted by Gasteiger charge is -2.25. The molecule has 1 aliphatic rings. The summed E-state index contributed by atoms with van der Waals surface area (Å²) in [4.78, 5) is 0. The highest BCUT2D eigenvalue weighted by Crippen LogP contribution is 2.42. The van der Waals surface area contributed by atoms with Crippen molar-refractivity contribution >= 4 is 10.0 Å². The number of aryl methyl sites for hydroxylation is 1. The molecule has 1 aromatic carbocycles. The third kappa shape index (κ3) is 3.97. The van der Waals surface area contributed by atoms with Crippen LogP contribution < -0.4 is 14.2 Å². The van der Waals surface area contributed by atoms with Crippen molar-refractivity contribution in [3.8, 4) is 11.5 Å². The molecule has 0 fully saturated rings. The molecular weight excluding hydrogens is 318 g/mol. The lowest BCUT2D eigenvalue weighted by molar-refractivity contribution is 0.0440. The van der Waals surface area contributed by atoms with Gasteiger partial charge in [-0.15, -0.1) is 0 Å². The van der Waals surface area contributed by atoms with Gasteiger partial charge in [0.05, 0.1) is 20.0 Å². The minimum Gasteiger partial charge on any atom is -0.493 e. The van der Waals surface area contributed by atoms with Crippen molar-refractivity contribution < 1.29 is 23.0 Å². The molecule has 1 aromatic rings. The van der Waals surface area contributed by atoms with Gasteiger partial charge in [-0.2, -0.15) is 0 Å². The van der Waals surface area contributed by atoms with Gasteiger partial charge in [-0.3, -0.25) is 0 Å². The van der Waals surface area contributed by atoms with E-state index in [4.69, 9.17) is 9.47 Å². The summed E-state index contributed by atoms with van der Waals surface area (Å²) in [5.74, 6) is 1.22. The van der Waals surface area contributed by atoms with Gasteiger partial charge in [-0.05, 0) is 42.5 Å². The first-order valence-electron chi connectivity index (χ1n) is 7.80. The summed E-state index contributed by atoms with van der Waals surface area (Å²) >= 11 is 0. The average molecular weight is 343 g/mol. The Hall–Kier alpha value is -1.31. The summed E-state index contributed by atoms with van der Waals surface area (Å²) in [5.41, 5.74) is 0.444. The lowest BCUT2D eigenvalue weighted by Crippen LogP contribution is -2.40. The van der Waals surface area contributed by atoms with E-state index in [1.165, 1.54) is 7.11 Å². The first kappa shape index (κ1) is 18.0. The monoisotopic (exact) mass is 343 g/mol. The average Bonchev–Trinajstić information content (AvgIpc) is 2.87. The first-order chi connectivity index (χ1) is 10.8. The predicted molar refractivity (Wildman–Crippen MR) is 88.5 cm³/mol. The van der Waals surface area contributed by atoms with E-state index in [2.05, 4.69) is 4.72 Å².